The van der Waals surface area contributed by atoms with E-state index in [1.807, 2.05) is 6.07 Å². The minimum atomic E-state index is 0.254. The SMILES string of the molecule is Cc1ccc2c(c1C)C/C(=C1\CCc3c1ccc(C)c3C)C2=O. The Labute approximate surface area is 138 Å². The molecule has 0 saturated heterocycles. The molecule has 2 aromatic rings. The first-order valence-electron chi connectivity index (χ1n) is 8.44. The molecule has 23 heavy (non-hydrogen) atoms. The number of benzene rings is 2. The van der Waals surface area contributed by atoms with Crippen LogP contribution >= 0.6 is 0 Å². The van der Waals surface area contributed by atoms with E-state index in [-0.39, 0.29) is 5.78 Å². The van der Waals surface area contributed by atoms with Gasteiger partial charge in [0.2, 0.25) is 0 Å². The molecule has 0 aliphatic heterocycles. The minimum Gasteiger partial charge on any atom is -0.289 e. The highest BCUT2D eigenvalue weighted by atomic mass is 16.1. The number of aryl methyl sites for hydroxylation is 2. The van der Waals surface area contributed by atoms with Gasteiger partial charge in [-0.05, 0) is 85.1 Å². The fourth-order valence-corrected chi connectivity index (χ4v) is 4.15. The maximum absolute atomic E-state index is 13.0. The van der Waals surface area contributed by atoms with Crippen LogP contribution in [0.3, 0.4) is 0 Å². The minimum absolute atomic E-state index is 0.254. The molecule has 0 unspecified atom stereocenters. The smallest absolute Gasteiger partial charge is 0.189 e. The Kier molecular flexibility index (Phi) is 3.09. The van der Waals surface area contributed by atoms with Crippen LogP contribution in [0.2, 0.25) is 0 Å². The highest BCUT2D eigenvalue weighted by Crippen LogP contribution is 2.42. The Balaban J connectivity index is 1.89. The zero-order valence-electron chi connectivity index (χ0n) is 14.3. The van der Waals surface area contributed by atoms with Crippen LogP contribution in [0.5, 0.6) is 0 Å². The average molecular weight is 302 g/mol. The van der Waals surface area contributed by atoms with Gasteiger partial charge in [-0.15, -0.1) is 0 Å². The second-order valence-corrected chi connectivity index (χ2v) is 7.03. The molecule has 0 saturated carbocycles. The Morgan fingerprint density at radius 1 is 0.696 bits per heavy atom. The highest BCUT2D eigenvalue weighted by Gasteiger charge is 2.32. The largest absolute Gasteiger partial charge is 0.289 e. The molecule has 0 aromatic heterocycles. The second-order valence-electron chi connectivity index (χ2n) is 7.03. The van der Waals surface area contributed by atoms with Crippen LogP contribution in [-0.2, 0) is 12.8 Å². The molecule has 0 radical (unpaired) electrons. The van der Waals surface area contributed by atoms with Gasteiger partial charge in [0.05, 0.1) is 0 Å². The molecule has 0 N–H and O–H groups in total. The summed E-state index contributed by atoms with van der Waals surface area (Å²) in [6.07, 6.45) is 2.89. The van der Waals surface area contributed by atoms with Crippen molar-refractivity contribution in [2.75, 3.05) is 0 Å². The van der Waals surface area contributed by atoms with E-state index < -0.39 is 0 Å². The molecular formula is C22H22O. The number of ketones is 1. The van der Waals surface area contributed by atoms with Crippen LogP contribution in [0, 0.1) is 27.7 Å². The predicted octanol–water partition coefficient (Wildman–Crippen LogP) is 5.06. The molecule has 0 atom stereocenters. The summed E-state index contributed by atoms with van der Waals surface area (Å²) in [5, 5.41) is 0. The number of hydrogen-bond donors (Lipinski definition) is 0. The van der Waals surface area contributed by atoms with Crippen molar-refractivity contribution in [3.63, 3.8) is 0 Å². The monoisotopic (exact) mass is 302 g/mol. The van der Waals surface area contributed by atoms with Crippen molar-refractivity contribution >= 4 is 11.4 Å². The lowest BCUT2D eigenvalue weighted by Crippen LogP contribution is -1.99. The van der Waals surface area contributed by atoms with Crippen LogP contribution in [0.25, 0.3) is 5.57 Å². The third-order valence-corrected chi connectivity index (χ3v) is 5.93. The molecule has 2 aromatic carbocycles. The summed E-state index contributed by atoms with van der Waals surface area (Å²) in [6, 6.07) is 8.52. The van der Waals surface area contributed by atoms with Crippen molar-refractivity contribution in [1.29, 1.82) is 0 Å². The molecule has 4 rings (SSSR count). The van der Waals surface area contributed by atoms with Gasteiger partial charge >= 0.3 is 0 Å². The van der Waals surface area contributed by atoms with Gasteiger partial charge in [0.1, 0.15) is 0 Å². The van der Waals surface area contributed by atoms with Gasteiger partial charge in [-0.2, -0.15) is 0 Å². The predicted molar refractivity (Wildman–Crippen MR) is 95.1 cm³/mol. The molecule has 2 aliphatic carbocycles. The van der Waals surface area contributed by atoms with Gasteiger partial charge in [0.25, 0.3) is 0 Å². The van der Waals surface area contributed by atoms with Crippen molar-refractivity contribution in [2.24, 2.45) is 0 Å². The molecule has 1 heteroatoms. The van der Waals surface area contributed by atoms with Crippen molar-refractivity contribution in [1.82, 2.24) is 0 Å². The topological polar surface area (TPSA) is 17.1 Å². The first-order valence-corrected chi connectivity index (χ1v) is 8.44. The molecule has 1 nitrogen and oxygen atoms in total. The number of hydrogen-bond acceptors (Lipinski definition) is 1. The van der Waals surface area contributed by atoms with Gasteiger partial charge < -0.3 is 0 Å². The lowest BCUT2D eigenvalue weighted by molar-refractivity contribution is 0.104. The molecule has 0 spiro atoms. The maximum atomic E-state index is 13.0. The van der Waals surface area contributed by atoms with Crippen molar-refractivity contribution in [2.45, 2.75) is 47.0 Å². The molecular weight excluding hydrogens is 280 g/mol. The number of allylic oxidation sites excluding steroid dienone is 2. The quantitative estimate of drug-likeness (QED) is 0.622. The van der Waals surface area contributed by atoms with E-state index in [4.69, 9.17) is 0 Å². The molecule has 2 aliphatic rings. The van der Waals surface area contributed by atoms with Gasteiger partial charge in [-0.25, -0.2) is 0 Å². The number of carbonyl (C=O) groups excluding carboxylic acids is 1. The normalized spacial score (nSPS) is 19.2. The van der Waals surface area contributed by atoms with Crippen LogP contribution in [-0.4, -0.2) is 5.78 Å². The summed E-state index contributed by atoms with van der Waals surface area (Å²) >= 11 is 0. The van der Waals surface area contributed by atoms with E-state index in [2.05, 4.69) is 45.9 Å². The standard InChI is InChI=1S/C22H22O/c1-12-5-7-17-16(14(12)3)9-10-18(17)21-11-20-15(4)13(2)6-8-19(20)22(21)23/h5-8H,9-11H2,1-4H3/b21-18-. The van der Waals surface area contributed by atoms with Crippen molar-refractivity contribution in [3.8, 4) is 0 Å². The van der Waals surface area contributed by atoms with Gasteiger partial charge in [-0.1, -0.05) is 24.3 Å². The van der Waals surface area contributed by atoms with E-state index in [1.54, 1.807) is 0 Å². The summed E-state index contributed by atoms with van der Waals surface area (Å²) in [5.74, 6) is 0.254. The average Bonchev–Trinajstić information content (AvgIpc) is 3.09. The summed E-state index contributed by atoms with van der Waals surface area (Å²) in [6.45, 7) is 8.65. The van der Waals surface area contributed by atoms with E-state index >= 15 is 0 Å². The van der Waals surface area contributed by atoms with Crippen LogP contribution < -0.4 is 0 Å². The third kappa shape index (κ3) is 1.96. The fourth-order valence-electron chi connectivity index (χ4n) is 4.15. The fraction of sp³-hybridized carbons (Fsp3) is 0.318. The molecule has 0 fully saturated rings. The van der Waals surface area contributed by atoms with Crippen molar-refractivity contribution < 1.29 is 4.79 Å². The van der Waals surface area contributed by atoms with Crippen molar-refractivity contribution in [3.05, 3.63) is 74.3 Å². The zero-order chi connectivity index (χ0) is 16.3. The molecule has 116 valence electrons. The third-order valence-electron chi connectivity index (χ3n) is 5.93. The lowest BCUT2D eigenvalue weighted by Gasteiger charge is -2.09. The van der Waals surface area contributed by atoms with E-state index in [0.717, 1.165) is 30.4 Å². The molecule has 0 heterocycles. The Morgan fingerprint density at radius 2 is 1.30 bits per heavy atom. The second kappa shape index (κ2) is 4.92. The number of fused-ring (bicyclic) bond motifs is 2. The van der Waals surface area contributed by atoms with Crippen LogP contribution in [0.1, 0.15) is 55.7 Å². The van der Waals surface area contributed by atoms with Gasteiger partial charge in [0, 0.05) is 17.6 Å². The summed E-state index contributed by atoms with van der Waals surface area (Å²) < 4.78 is 0. The highest BCUT2D eigenvalue weighted by molar-refractivity contribution is 6.17. The Morgan fingerprint density at radius 3 is 2.00 bits per heavy atom. The number of rotatable bonds is 0. The van der Waals surface area contributed by atoms with Crippen LogP contribution in [0.4, 0.5) is 0 Å². The molecule has 0 amide bonds. The Hall–Kier alpha value is -2.15. The Bertz CT molecular complexity index is 897. The van der Waals surface area contributed by atoms with E-state index in [0.29, 0.717) is 0 Å². The molecule has 0 bridgehead atoms. The summed E-state index contributed by atoms with van der Waals surface area (Å²) in [5.41, 5.74) is 12.6. The zero-order valence-corrected chi connectivity index (χ0v) is 14.3. The maximum Gasteiger partial charge on any atom is 0.189 e. The summed E-state index contributed by atoms with van der Waals surface area (Å²) in [4.78, 5) is 13.0. The van der Waals surface area contributed by atoms with Gasteiger partial charge in [-0.3, -0.25) is 4.79 Å². The lowest BCUT2D eigenvalue weighted by atomic mass is 9.95. The first kappa shape index (κ1) is 14.4. The van der Waals surface area contributed by atoms with E-state index in [1.165, 1.54) is 44.5 Å². The van der Waals surface area contributed by atoms with Crippen LogP contribution in [0.15, 0.2) is 29.8 Å². The first-order chi connectivity index (χ1) is 11.0. The van der Waals surface area contributed by atoms with E-state index in [9.17, 15) is 4.79 Å². The number of carbonyl (C=O) groups is 1. The number of Topliss-reactive ketones (excluding diaryl/α,β-unsaturated/α-hetero) is 1. The summed E-state index contributed by atoms with van der Waals surface area (Å²) in [7, 11) is 0. The van der Waals surface area contributed by atoms with Gasteiger partial charge in [0.15, 0.2) is 5.78 Å².